The Morgan fingerprint density at radius 3 is 2.82 bits per heavy atom. The third-order valence-electron chi connectivity index (χ3n) is 4.20. The summed E-state index contributed by atoms with van der Waals surface area (Å²) in [6.07, 6.45) is 1.46. The maximum atomic E-state index is 12.8. The van der Waals surface area contributed by atoms with E-state index in [1.54, 1.807) is 16.7 Å². The molecule has 10 nitrogen and oxygen atoms in total. The lowest BCUT2D eigenvalue weighted by molar-refractivity contribution is 0.0973. The number of nitrogens with one attached hydrogen (secondary N) is 1. The highest BCUT2D eigenvalue weighted by atomic mass is 16.6. The van der Waals surface area contributed by atoms with Gasteiger partial charge in [-0.3, -0.25) is 4.79 Å². The number of nitrogens with zero attached hydrogens (tertiary/aromatic N) is 5. The molecule has 5 N–H and O–H groups in total. The van der Waals surface area contributed by atoms with E-state index < -0.39 is 0 Å². The van der Waals surface area contributed by atoms with Gasteiger partial charge in [0.2, 0.25) is 5.82 Å². The average Bonchev–Trinajstić information content (AvgIpc) is 3.31. The van der Waals surface area contributed by atoms with Crippen molar-refractivity contribution >= 4 is 28.5 Å². The van der Waals surface area contributed by atoms with E-state index in [1.165, 1.54) is 6.20 Å². The molecule has 28 heavy (non-hydrogen) atoms. The maximum absolute atomic E-state index is 12.8. The standard InChI is InChI=1S/C18H18N8O2/c19-7-8-21-17-16(24-28-25-17)18-23-12-3-1-2-4-13(12)26(18)10-14(27)11-5-6-15(20)22-9-11/h1-6,9H,7-8,10,19H2,(H2,20,22)(H,21,25). The van der Waals surface area contributed by atoms with Gasteiger partial charge in [-0.1, -0.05) is 12.1 Å². The number of aromatic nitrogens is 5. The molecular formula is C18H18N8O2. The lowest BCUT2D eigenvalue weighted by atomic mass is 10.2. The highest BCUT2D eigenvalue weighted by molar-refractivity contribution is 5.97. The van der Waals surface area contributed by atoms with Crippen molar-refractivity contribution < 1.29 is 9.42 Å². The molecule has 0 fully saturated rings. The Kier molecular flexibility index (Phi) is 4.68. The molecule has 0 saturated heterocycles. The monoisotopic (exact) mass is 378 g/mol. The molecule has 3 heterocycles. The van der Waals surface area contributed by atoms with Crippen LogP contribution in [0, 0.1) is 0 Å². The molecule has 3 aromatic heterocycles. The molecule has 0 spiro atoms. The number of benzene rings is 1. The summed E-state index contributed by atoms with van der Waals surface area (Å²) in [5, 5.41) is 10.9. The Morgan fingerprint density at radius 1 is 1.18 bits per heavy atom. The SMILES string of the molecule is NCCNc1nonc1-c1nc2ccccc2n1CC(=O)c1ccc(N)nc1. The minimum absolute atomic E-state index is 0.0463. The zero-order valence-corrected chi connectivity index (χ0v) is 14.9. The van der Waals surface area contributed by atoms with Crippen LogP contribution >= 0.6 is 0 Å². The van der Waals surface area contributed by atoms with Crippen LogP contribution in [0.1, 0.15) is 10.4 Å². The van der Waals surface area contributed by atoms with Gasteiger partial charge in [-0.25, -0.2) is 14.6 Å². The molecular weight excluding hydrogens is 360 g/mol. The topological polar surface area (TPSA) is 151 Å². The number of pyridine rings is 1. The van der Waals surface area contributed by atoms with Gasteiger partial charge in [0, 0.05) is 24.8 Å². The van der Waals surface area contributed by atoms with Gasteiger partial charge < -0.3 is 21.4 Å². The molecule has 142 valence electrons. The smallest absolute Gasteiger partial charge is 0.202 e. The van der Waals surface area contributed by atoms with Crippen molar-refractivity contribution in [1.29, 1.82) is 0 Å². The second-order valence-corrected chi connectivity index (χ2v) is 6.08. The summed E-state index contributed by atoms with van der Waals surface area (Å²) in [7, 11) is 0. The summed E-state index contributed by atoms with van der Waals surface area (Å²) in [6.45, 7) is 0.966. The number of nitrogen functional groups attached to an aromatic ring is 1. The van der Waals surface area contributed by atoms with Crippen molar-refractivity contribution in [2.45, 2.75) is 6.54 Å². The van der Waals surface area contributed by atoms with E-state index in [-0.39, 0.29) is 12.3 Å². The summed E-state index contributed by atoms with van der Waals surface area (Å²) in [6, 6.07) is 10.8. The van der Waals surface area contributed by atoms with E-state index in [4.69, 9.17) is 16.1 Å². The van der Waals surface area contributed by atoms with E-state index in [1.807, 2.05) is 24.3 Å². The van der Waals surface area contributed by atoms with Gasteiger partial charge in [0.15, 0.2) is 17.3 Å². The summed E-state index contributed by atoms with van der Waals surface area (Å²) in [5.41, 5.74) is 13.5. The molecule has 1 aromatic carbocycles. The van der Waals surface area contributed by atoms with Crippen molar-refractivity contribution in [3.05, 3.63) is 48.2 Å². The van der Waals surface area contributed by atoms with Crippen molar-refractivity contribution in [2.24, 2.45) is 5.73 Å². The fourth-order valence-electron chi connectivity index (χ4n) is 2.86. The van der Waals surface area contributed by atoms with Gasteiger partial charge in [0.05, 0.1) is 17.6 Å². The normalized spacial score (nSPS) is 11.0. The van der Waals surface area contributed by atoms with Crippen LogP contribution in [-0.2, 0) is 6.54 Å². The third-order valence-corrected chi connectivity index (χ3v) is 4.20. The fourth-order valence-corrected chi connectivity index (χ4v) is 2.86. The number of carbonyl (C=O) groups is 1. The predicted octanol–water partition coefficient (Wildman–Crippen LogP) is 1.32. The summed E-state index contributed by atoms with van der Waals surface area (Å²) in [4.78, 5) is 21.4. The van der Waals surface area contributed by atoms with E-state index in [2.05, 4.69) is 25.6 Å². The highest BCUT2D eigenvalue weighted by Gasteiger charge is 2.22. The first-order valence-corrected chi connectivity index (χ1v) is 8.64. The van der Waals surface area contributed by atoms with Crippen molar-refractivity contribution in [3.63, 3.8) is 0 Å². The van der Waals surface area contributed by atoms with Gasteiger partial charge >= 0.3 is 0 Å². The first-order valence-electron chi connectivity index (χ1n) is 8.64. The molecule has 0 unspecified atom stereocenters. The number of fused-ring (bicyclic) bond motifs is 1. The first kappa shape index (κ1) is 17.6. The van der Waals surface area contributed by atoms with Crippen LogP contribution in [0.25, 0.3) is 22.6 Å². The maximum Gasteiger partial charge on any atom is 0.202 e. The number of imidazole rings is 1. The van der Waals surface area contributed by atoms with Crippen LogP contribution in [0.5, 0.6) is 0 Å². The predicted molar refractivity (Wildman–Crippen MR) is 104 cm³/mol. The van der Waals surface area contributed by atoms with Crippen LogP contribution in [0.4, 0.5) is 11.6 Å². The largest absolute Gasteiger partial charge is 0.384 e. The van der Waals surface area contributed by atoms with E-state index in [9.17, 15) is 4.79 Å². The van der Waals surface area contributed by atoms with E-state index >= 15 is 0 Å². The van der Waals surface area contributed by atoms with E-state index in [0.717, 1.165) is 11.0 Å². The lowest BCUT2D eigenvalue weighted by Gasteiger charge is -2.08. The molecule has 0 aliphatic heterocycles. The van der Waals surface area contributed by atoms with Crippen molar-refractivity contribution in [1.82, 2.24) is 24.8 Å². The van der Waals surface area contributed by atoms with Crippen LogP contribution in [0.15, 0.2) is 47.2 Å². The summed E-state index contributed by atoms with van der Waals surface area (Å²) >= 11 is 0. The van der Waals surface area contributed by atoms with E-state index in [0.29, 0.717) is 41.8 Å². The third kappa shape index (κ3) is 3.28. The number of carbonyl (C=O) groups excluding carboxylic acids is 1. The average molecular weight is 378 g/mol. The number of hydrogen-bond acceptors (Lipinski definition) is 9. The number of ketones is 1. The minimum atomic E-state index is -0.134. The molecule has 0 aliphatic carbocycles. The Hall–Kier alpha value is -3.79. The molecule has 0 saturated carbocycles. The Labute approximate surface area is 159 Å². The Bertz CT molecular complexity index is 1120. The number of hydrogen-bond donors (Lipinski definition) is 3. The molecule has 0 aliphatic rings. The zero-order chi connectivity index (χ0) is 19.5. The zero-order valence-electron chi connectivity index (χ0n) is 14.9. The number of rotatable bonds is 7. The molecule has 0 bridgehead atoms. The molecule has 10 heteroatoms. The Balaban J connectivity index is 1.77. The second kappa shape index (κ2) is 7.45. The Morgan fingerprint density at radius 2 is 2.04 bits per heavy atom. The summed E-state index contributed by atoms with van der Waals surface area (Å²) < 4.78 is 6.66. The van der Waals surface area contributed by atoms with Gasteiger partial charge in [-0.05, 0) is 34.6 Å². The minimum Gasteiger partial charge on any atom is -0.384 e. The van der Waals surface area contributed by atoms with Gasteiger partial charge in [0.25, 0.3) is 0 Å². The molecule has 0 atom stereocenters. The van der Waals surface area contributed by atoms with Crippen molar-refractivity contribution in [2.75, 3.05) is 24.1 Å². The van der Waals surface area contributed by atoms with Crippen LogP contribution in [-0.4, -0.2) is 43.7 Å². The number of anilines is 2. The van der Waals surface area contributed by atoms with Gasteiger partial charge in [-0.15, -0.1) is 0 Å². The van der Waals surface area contributed by atoms with Crippen molar-refractivity contribution in [3.8, 4) is 11.5 Å². The molecule has 4 aromatic rings. The van der Waals surface area contributed by atoms with Crippen LogP contribution < -0.4 is 16.8 Å². The van der Waals surface area contributed by atoms with Gasteiger partial charge in [0.1, 0.15) is 5.82 Å². The number of para-hydroxylation sites is 2. The summed E-state index contributed by atoms with van der Waals surface area (Å²) in [5.74, 6) is 1.11. The molecule has 0 radical (unpaired) electrons. The highest BCUT2D eigenvalue weighted by Crippen LogP contribution is 2.28. The second-order valence-electron chi connectivity index (χ2n) is 6.08. The molecule has 4 rings (SSSR count). The lowest BCUT2D eigenvalue weighted by Crippen LogP contribution is -2.15. The van der Waals surface area contributed by atoms with Gasteiger partial charge in [-0.2, -0.15) is 0 Å². The number of Topliss-reactive ketones (excluding diaryl/α,β-unsaturated/α-hetero) is 1. The van der Waals surface area contributed by atoms with Crippen LogP contribution in [0.3, 0.4) is 0 Å². The first-order chi connectivity index (χ1) is 13.7. The molecule has 0 amide bonds. The number of nitrogens with two attached hydrogens (primary N) is 2. The quantitative estimate of drug-likeness (QED) is 0.404. The van der Waals surface area contributed by atoms with Crippen LogP contribution in [0.2, 0.25) is 0 Å². The fraction of sp³-hybridized carbons (Fsp3) is 0.167.